The van der Waals surface area contributed by atoms with Gasteiger partial charge in [0.1, 0.15) is 0 Å². The van der Waals surface area contributed by atoms with Gasteiger partial charge in [0, 0.05) is 23.5 Å². The number of hydrogen-bond acceptors (Lipinski definition) is 4. The van der Waals surface area contributed by atoms with Crippen molar-refractivity contribution in [1.29, 1.82) is 0 Å². The van der Waals surface area contributed by atoms with Crippen LogP contribution in [0.15, 0.2) is 58.5 Å². The third kappa shape index (κ3) is 2.74. The van der Waals surface area contributed by atoms with E-state index in [1.807, 2.05) is 36.4 Å². The highest BCUT2D eigenvalue weighted by molar-refractivity contribution is 7.80. The van der Waals surface area contributed by atoms with E-state index < -0.39 is 0 Å². The molecule has 19 heavy (non-hydrogen) atoms. The summed E-state index contributed by atoms with van der Waals surface area (Å²) in [6, 6.07) is 16.3. The van der Waals surface area contributed by atoms with E-state index in [-0.39, 0.29) is 0 Å². The fourth-order valence-corrected chi connectivity index (χ4v) is 2.28. The minimum Gasteiger partial charge on any atom is -0.355 e. The average Bonchev–Trinajstić information content (AvgIpc) is 2.96. The zero-order valence-corrected chi connectivity index (χ0v) is 11.3. The Morgan fingerprint density at radius 3 is 2.68 bits per heavy atom. The van der Waals surface area contributed by atoms with Gasteiger partial charge in [0.05, 0.1) is 11.4 Å². The maximum Gasteiger partial charge on any atom is 0.0694 e. The molecule has 0 bridgehead atoms. The molecule has 0 unspecified atom stereocenters. The molecule has 2 aromatic rings. The predicted octanol–water partition coefficient (Wildman–Crippen LogP) is 3.42. The highest BCUT2D eigenvalue weighted by atomic mass is 32.1. The fourth-order valence-electron chi connectivity index (χ4n) is 2.08. The number of hydrazone groups is 1. The molecule has 0 spiro atoms. The maximum atomic E-state index is 4.50. The Morgan fingerprint density at radius 2 is 1.95 bits per heavy atom. The molecule has 0 radical (unpaired) electrons. The highest BCUT2D eigenvalue weighted by Crippen LogP contribution is 2.26. The number of para-hydroxylation sites is 1. The largest absolute Gasteiger partial charge is 0.355 e. The van der Waals surface area contributed by atoms with Crippen LogP contribution in [-0.4, -0.2) is 12.3 Å². The summed E-state index contributed by atoms with van der Waals surface area (Å²) < 4.78 is 0. The molecule has 3 nitrogen and oxygen atoms in total. The molecule has 96 valence electrons. The van der Waals surface area contributed by atoms with Gasteiger partial charge < -0.3 is 10.7 Å². The molecule has 2 N–H and O–H groups in total. The normalized spacial score (nSPS) is 13.8. The molecule has 0 saturated carbocycles. The SMILES string of the molecule is Sc1ccc(C2=NNCC2)cc1Nc1ccccc1. The van der Waals surface area contributed by atoms with Crippen molar-refractivity contribution in [1.82, 2.24) is 5.43 Å². The van der Waals surface area contributed by atoms with Gasteiger partial charge in [0.15, 0.2) is 0 Å². The van der Waals surface area contributed by atoms with Crippen molar-refractivity contribution in [2.45, 2.75) is 11.3 Å². The van der Waals surface area contributed by atoms with Crippen molar-refractivity contribution < 1.29 is 0 Å². The molecule has 0 atom stereocenters. The van der Waals surface area contributed by atoms with Gasteiger partial charge >= 0.3 is 0 Å². The lowest BCUT2D eigenvalue weighted by Crippen LogP contribution is -2.00. The molecule has 1 aliphatic heterocycles. The van der Waals surface area contributed by atoms with Crippen LogP contribution in [0.25, 0.3) is 0 Å². The number of rotatable bonds is 3. The van der Waals surface area contributed by atoms with Crippen molar-refractivity contribution in [3.8, 4) is 0 Å². The molecule has 0 fully saturated rings. The molecule has 3 rings (SSSR count). The van der Waals surface area contributed by atoms with Gasteiger partial charge in [-0.1, -0.05) is 24.3 Å². The average molecular weight is 269 g/mol. The van der Waals surface area contributed by atoms with Crippen molar-refractivity contribution in [3.63, 3.8) is 0 Å². The molecular formula is C15H15N3S. The first-order chi connectivity index (χ1) is 9.33. The third-order valence-corrected chi connectivity index (χ3v) is 3.46. The van der Waals surface area contributed by atoms with Crippen LogP contribution in [0.2, 0.25) is 0 Å². The number of thiol groups is 1. The zero-order chi connectivity index (χ0) is 13.1. The van der Waals surface area contributed by atoms with Crippen LogP contribution in [0.3, 0.4) is 0 Å². The standard InChI is InChI=1S/C15H15N3S/c19-15-7-6-11(13-8-9-16-18-13)10-14(15)17-12-4-2-1-3-5-12/h1-7,10,16-17,19H,8-9H2. The van der Waals surface area contributed by atoms with Crippen molar-refractivity contribution in [2.75, 3.05) is 11.9 Å². The van der Waals surface area contributed by atoms with E-state index in [9.17, 15) is 0 Å². The second kappa shape index (κ2) is 5.36. The smallest absolute Gasteiger partial charge is 0.0694 e. The van der Waals surface area contributed by atoms with Gasteiger partial charge in [0.2, 0.25) is 0 Å². The second-order valence-corrected chi connectivity index (χ2v) is 4.92. The number of benzene rings is 2. The van der Waals surface area contributed by atoms with E-state index in [1.54, 1.807) is 0 Å². The number of anilines is 2. The highest BCUT2D eigenvalue weighted by Gasteiger charge is 2.10. The Morgan fingerprint density at radius 1 is 1.11 bits per heavy atom. The lowest BCUT2D eigenvalue weighted by atomic mass is 10.1. The molecule has 0 saturated heterocycles. The molecule has 0 aromatic heterocycles. The molecular weight excluding hydrogens is 254 g/mol. The Hall–Kier alpha value is -1.94. The molecule has 2 aromatic carbocycles. The minimum atomic E-state index is 0.916. The van der Waals surface area contributed by atoms with Gasteiger partial charge in [-0.05, 0) is 29.8 Å². The summed E-state index contributed by atoms with van der Waals surface area (Å²) >= 11 is 4.50. The third-order valence-electron chi connectivity index (χ3n) is 3.07. The fraction of sp³-hybridized carbons (Fsp3) is 0.133. The second-order valence-electron chi connectivity index (χ2n) is 4.44. The molecule has 4 heteroatoms. The van der Waals surface area contributed by atoms with Crippen molar-refractivity contribution in [2.24, 2.45) is 5.10 Å². The lowest BCUT2D eigenvalue weighted by molar-refractivity contribution is 0.813. The van der Waals surface area contributed by atoms with Crippen LogP contribution in [0.1, 0.15) is 12.0 Å². The summed E-state index contributed by atoms with van der Waals surface area (Å²) in [7, 11) is 0. The van der Waals surface area contributed by atoms with Crippen LogP contribution in [0.5, 0.6) is 0 Å². The quantitative estimate of drug-likeness (QED) is 0.747. The summed E-state index contributed by atoms with van der Waals surface area (Å²) in [5.41, 5.74) is 7.30. The van der Waals surface area contributed by atoms with Gasteiger partial charge in [-0.25, -0.2) is 0 Å². The summed E-state index contributed by atoms with van der Waals surface area (Å²) in [5, 5.41) is 7.68. The number of nitrogens with one attached hydrogen (secondary N) is 2. The van der Waals surface area contributed by atoms with Gasteiger partial charge in [-0.3, -0.25) is 0 Å². The summed E-state index contributed by atoms with van der Waals surface area (Å²) in [5.74, 6) is 0. The predicted molar refractivity (Wildman–Crippen MR) is 82.6 cm³/mol. The first-order valence-corrected chi connectivity index (χ1v) is 6.72. The van der Waals surface area contributed by atoms with Gasteiger partial charge in [-0.2, -0.15) is 5.10 Å². The Bertz CT molecular complexity index is 608. The minimum absolute atomic E-state index is 0.916. The van der Waals surface area contributed by atoms with E-state index in [1.165, 1.54) is 0 Å². The summed E-state index contributed by atoms with van der Waals surface area (Å²) in [4.78, 5) is 0.930. The van der Waals surface area contributed by atoms with Crippen LogP contribution >= 0.6 is 12.6 Å². The van der Waals surface area contributed by atoms with Crippen molar-refractivity contribution in [3.05, 3.63) is 54.1 Å². The first kappa shape index (κ1) is 12.1. The van der Waals surface area contributed by atoms with Crippen LogP contribution in [0, 0.1) is 0 Å². The van der Waals surface area contributed by atoms with E-state index in [0.29, 0.717) is 0 Å². The van der Waals surface area contributed by atoms with Crippen molar-refractivity contribution >= 4 is 29.7 Å². The molecule has 1 heterocycles. The van der Waals surface area contributed by atoms with Gasteiger partial charge in [-0.15, -0.1) is 12.6 Å². The molecule has 0 amide bonds. The number of hydrogen-bond donors (Lipinski definition) is 3. The van der Waals surface area contributed by atoms with E-state index in [2.05, 4.69) is 40.6 Å². The first-order valence-electron chi connectivity index (χ1n) is 6.28. The molecule has 1 aliphatic rings. The zero-order valence-electron chi connectivity index (χ0n) is 10.4. The van der Waals surface area contributed by atoms with Crippen LogP contribution in [-0.2, 0) is 0 Å². The Labute approximate surface area is 118 Å². The monoisotopic (exact) mass is 269 g/mol. The number of nitrogens with zero attached hydrogens (tertiary/aromatic N) is 1. The van der Waals surface area contributed by atoms with Gasteiger partial charge in [0.25, 0.3) is 0 Å². The van der Waals surface area contributed by atoms with Crippen LogP contribution in [0.4, 0.5) is 11.4 Å². The maximum absolute atomic E-state index is 4.50. The van der Waals surface area contributed by atoms with E-state index in [4.69, 9.17) is 0 Å². The van der Waals surface area contributed by atoms with Crippen LogP contribution < -0.4 is 10.7 Å². The summed E-state index contributed by atoms with van der Waals surface area (Å²) in [6.45, 7) is 0.916. The van der Waals surface area contributed by atoms with E-state index in [0.717, 1.165) is 40.5 Å². The summed E-state index contributed by atoms with van der Waals surface area (Å²) in [6.07, 6.45) is 0.969. The van der Waals surface area contributed by atoms with E-state index >= 15 is 0 Å². The topological polar surface area (TPSA) is 36.4 Å². The Kier molecular flexibility index (Phi) is 3.42. The lowest BCUT2D eigenvalue weighted by Gasteiger charge is -2.11. The molecule has 0 aliphatic carbocycles. The Balaban J connectivity index is 1.90.